The number of phenolic OH excluding ortho intramolecular Hbond substituents is 1. The Bertz CT molecular complexity index is 625. The van der Waals surface area contributed by atoms with Crippen LogP contribution in [-0.4, -0.2) is 66.8 Å². The van der Waals surface area contributed by atoms with Gasteiger partial charge in [-0.15, -0.1) is 0 Å². The van der Waals surface area contributed by atoms with Crippen molar-refractivity contribution >= 4 is 17.8 Å². The van der Waals surface area contributed by atoms with E-state index in [2.05, 4.69) is 5.32 Å². The Morgan fingerprint density at radius 1 is 1.00 bits per heavy atom. The maximum absolute atomic E-state index is 11.7. The summed E-state index contributed by atoms with van der Waals surface area (Å²) >= 11 is 0. The molecule has 0 unspecified atom stereocenters. The lowest BCUT2D eigenvalue weighted by Gasteiger charge is -2.20. The number of hydrogen-bond acceptors (Lipinski definition) is 5. The molecule has 28 heavy (non-hydrogen) atoms. The fourth-order valence-corrected chi connectivity index (χ4v) is 2.29. The van der Waals surface area contributed by atoms with Gasteiger partial charge in [-0.25, -0.2) is 4.79 Å². The number of carbonyl (C=O) groups excluding carboxylic acids is 2. The number of carbonyl (C=O) groups is 3. The summed E-state index contributed by atoms with van der Waals surface area (Å²) < 4.78 is 0.481. The molecule has 158 valence electrons. The molecule has 1 amide bonds. The summed E-state index contributed by atoms with van der Waals surface area (Å²) in [5.41, 5.74) is 0.279. The Morgan fingerprint density at radius 2 is 1.57 bits per heavy atom. The number of likely N-dealkylation sites (N-methyl/N-ethyl adjacent to an activating group) is 1. The monoisotopic (exact) mass is 396 g/mol. The number of aliphatic carboxylic acids is 2. The van der Waals surface area contributed by atoms with Gasteiger partial charge in [-0.05, 0) is 31.4 Å². The molecule has 0 aliphatic rings. The molecule has 1 rings (SSSR count). The molecule has 0 heterocycles. The average molecular weight is 396 g/mol. The Hall–Kier alpha value is -2.61. The van der Waals surface area contributed by atoms with Crippen molar-refractivity contribution in [2.45, 2.75) is 38.5 Å². The van der Waals surface area contributed by atoms with Crippen LogP contribution in [0.5, 0.6) is 5.75 Å². The summed E-state index contributed by atoms with van der Waals surface area (Å²) in [6.45, 7) is 0.730. The first kappa shape index (κ1) is 25.4. The van der Waals surface area contributed by atoms with Crippen molar-refractivity contribution in [3.05, 3.63) is 29.8 Å². The molecule has 0 saturated carbocycles. The number of amides is 1. The first-order valence-electron chi connectivity index (χ1n) is 9.31. The minimum absolute atomic E-state index is 0.0210. The fourth-order valence-electron chi connectivity index (χ4n) is 2.29. The molecule has 0 fully saturated rings. The van der Waals surface area contributed by atoms with Crippen molar-refractivity contribution in [3.8, 4) is 5.75 Å². The van der Waals surface area contributed by atoms with Crippen molar-refractivity contribution in [2.75, 3.05) is 34.2 Å². The van der Waals surface area contributed by atoms with Crippen LogP contribution in [0, 0.1) is 0 Å². The quantitative estimate of drug-likeness (QED) is 0.378. The van der Waals surface area contributed by atoms with E-state index in [-0.39, 0.29) is 30.2 Å². The third-order valence-corrected chi connectivity index (χ3v) is 3.60. The minimum atomic E-state index is -1.00. The third-order valence-electron chi connectivity index (χ3n) is 3.60. The summed E-state index contributed by atoms with van der Waals surface area (Å²) in [6.07, 6.45) is 4.34. The third kappa shape index (κ3) is 14.5. The van der Waals surface area contributed by atoms with Gasteiger partial charge >= 0.3 is 5.97 Å². The Labute approximate surface area is 166 Å². The van der Waals surface area contributed by atoms with E-state index in [0.717, 1.165) is 25.7 Å². The number of hydrogen-bond donors (Lipinski definition) is 3. The second-order valence-electron chi connectivity index (χ2n) is 7.51. The predicted octanol–water partition coefficient (Wildman–Crippen LogP) is 0.990. The van der Waals surface area contributed by atoms with Crippen molar-refractivity contribution in [1.29, 1.82) is 0 Å². The van der Waals surface area contributed by atoms with E-state index in [9.17, 15) is 24.6 Å². The number of carboxylic acid groups (broad SMARTS) is 2. The smallest absolute Gasteiger partial charge is 0.359 e. The highest BCUT2D eigenvalue weighted by molar-refractivity contribution is 5.96. The zero-order valence-corrected chi connectivity index (χ0v) is 16.9. The number of para-hydroxylation sites is 1. The topological polar surface area (TPSA) is 127 Å². The van der Waals surface area contributed by atoms with Crippen LogP contribution >= 0.6 is 0 Å². The van der Waals surface area contributed by atoms with Gasteiger partial charge in [0, 0.05) is 12.5 Å². The van der Waals surface area contributed by atoms with Gasteiger partial charge in [-0.3, -0.25) is 4.79 Å². The minimum Gasteiger partial charge on any atom is -0.550 e. The zero-order chi connectivity index (χ0) is 21.6. The zero-order valence-electron chi connectivity index (χ0n) is 16.9. The highest BCUT2D eigenvalue weighted by Crippen LogP contribution is 2.15. The number of nitrogens with zero attached hydrogens (tertiary/aromatic N) is 1. The van der Waals surface area contributed by atoms with Gasteiger partial charge in [0.05, 0.1) is 26.7 Å². The van der Waals surface area contributed by atoms with Gasteiger partial charge in [0.2, 0.25) is 0 Å². The lowest BCUT2D eigenvalue weighted by atomic mass is 10.1. The molecule has 0 saturated heterocycles. The van der Waals surface area contributed by atoms with E-state index in [0.29, 0.717) is 17.4 Å². The largest absolute Gasteiger partial charge is 0.550 e. The molecule has 0 aliphatic heterocycles. The van der Waals surface area contributed by atoms with E-state index < -0.39 is 11.9 Å². The molecular weight excluding hydrogens is 364 g/mol. The lowest BCUT2D eigenvalue weighted by Crippen LogP contribution is -2.39. The van der Waals surface area contributed by atoms with Crippen molar-refractivity contribution in [1.82, 2.24) is 5.32 Å². The van der Waals surface area contributed by atoms with Crippen LogP contribution in [-0.2, 0) is 9.59 Å². The molecule has 3 N–H and O–H groups in total. The summed E-state index contributed by atoms with van der Waals surface area (Å²) in [7, 11) is 5.52. The molecule has 8 nitrogen and oxygen atoms in total. The van der Waals surface area contributed by atoms with Crippen LogP contribution in [0.1, 0.15) is 48.9 Å². The maximum atomic E-state index is 11.7. The van der Waals surface area contributed by atoms with Crippen LogP contribution in [0.15, 0.2) is 24.3 Å². The second-order valence-corrected chi connectivity index (χ2v) is 7.51. The number of nitrogens with one attached hydrogen (secondary N) is 1. The molecule has 0 aromatic heterocycles. The average Bonchev–Trinajstić information content (AvgIpc) is 2.55. The highest BCUT2D eigenvalue weighted by atomic mass is 16.4. The standard InChI is InChI=1S/C15H21NO4.C5H11NO2/c17-13-9-6-5-8-12(13)15(20)16-11-7-3-1-2-4-10-14(18)19;1-6(2,3)4-5(7)8/h5-6,8-9,17H,1-4,7,10-11H2,(H,16,20)(H,18,19);4H2,1-3H3. The molecule has 8 heteroatoms. The first-order chi connectivity index (χ1) is 13.0. The van der Waals surface area contributed by atoms with Gasteiger partial charge in [0.15, 0.2) is 6.54 Å². The Morgan fingerprint density at radius 3 is 2.07 bits per heavy atom. The number of carboxylic acids is 2. The van der Waals surface area contributed by atoms with Gasteiger partial charge in [0.25, 0.3) is 5.91 Å². The SMILES string of the molecule is C[N+](C)(C)CC(=O)O.O=C([O-])CCCCCCCNC(=O)c1ccccc1O. The number of quaternary nitrogens is 1. The van der Waals surface area contributed by atoms with E-state index >= 15 is 0 Å². The van der Waals surface area contributed by atoms with Crippen LogP contribution in [0.25, 0.3) is 0 Å². The number of phenols is 1. The molecule has 0 radical (unpaired) electrons. The number of rotatable bonds is 11. The summed E-state index contributed by atoms with van der Waals surface area (Å²) in [5, 5.41) is 30.7. The summed E-state index contributed by atoms with van der Waals surface area (Å²) in [6, 6.07) is 6.42. The van der Waals surface area contributed by atoms with Gasteiger partial charge < -0.3 is 29.9 Å². The van der Waals surface area contributed by atoms with Crippen LogP contribution in [0.4, 0.5) is 0 Å². The molecule has 1 aromatic rings. The molecule has 0 bridgehead atoms. The van der Waals surface area contributed by atoms with Gasteiger partial charge in [0.1, 0.15) is 5.75 Å². The maximum Gasteiger partial charge on any atom is 0.359 e. The molecule has 1 aromatic carbocycles. The fraction of sp³-hybridized carbons (Fsp3) is 0.550. The van der Waals surface area contributed by atoms with E-state index in [4.69, 9.17) is 5.11 Å². The molecule has 0 atom stereocenters. The first-order valence-corrected chi connectivity index (χ1v) is 9.31. The van der Waals surface area contributed by atoms with Crippen LogP contribution < -0.4 is 10.4 Å². The van der Waals surface area contributed by atoms with E-state index in [1.165, 1.54) is 6.07 Å². The Balaban J connectivity index is 0.000000769. The van der Waals surface area contributed by atoms with Gasteiger partial charge in [-0.1, -0.05) is 31.4 Å². The van der Waals surface area contributed by atoms with Crippen molar-refractivity contribution in [3.63, 3.8) is 0 Å². The van der Waals surface area contributed by atoms with E-state index in [1.54, 1.807) is 18.2 Å². The number of benzene rings is 1. The number of unbranched alkanes of at least 4 members (excludes halogenated alkanes) is 4. The van der Waals surface area contributed by atoms with Crippen molar-refractivity contribution < 1.29 is 34.2 Å². The normalized spacial score (nSPS) is 10.5. The Kier molecular flexibility index (Phi) is 12.3. The predicted molar refractivity (Wildman–Crippen MR) is 104 cm³/mol. The van der Waals surface area contributed by atoms with Gasteiger partial charge in [-0.2, -0.15) is 0 Å². The molecule has 0 spiro atoms. The molecule has 0 aliphatic carbocycles. The number of aromatic hydroxyl groups is 1. The van der Waals surface area contributed by atoms with Crippen molar-refractivity contribution in [2.24, 2.45) is 0 Å². The summed E-state index contributed by atoms with van der Waals surface area (Å²) in [5.74, 6) is -2.05. The summed E-state index contributed by atoms with van der Waals surface area (Å²) in [4.78, 5) is 31.9. The van der Waals surface area contributed by atoms with Crippen LogP contribution in [0.2, 0.25) is 0 Å². The molecular formula is C20H32N2O6. The highest BCUT2D eigenvalue weighted by Gasteiger charge is 2.11. The van der Waals surface area contributed by atoms with Crippen LogP contribution in [0.3, 0.4) is 0 Å². The lowest BCUT2D eigenvalue weighted by molar-refractivity contribution is -0.862. The van der Waals surface area contributed by atoms with E-state index in [1.807, 2.05) is 21.1 Å². The second kappa shape index (κ2) is 13.5.